The summed E-state index contributed by atoms with van der Waals surface area (Å²) >= 11 is 0. The molecule has 4 nitrogen and oxygen atoms in total. The minimum absolute atomic E-state index is 0.449. The topological polar surface area (TPSA) is 47.3 Å². The maximum Gasteiger partial charge on any atom is 0.130 e. The van der Waals surface area contributed by atoms with Crippen LogP contribution in [0.1, 0.15) is 36.4 Å². The number of aromatic nitrogens is 2. The second kappa shape index (κ2) is 5.89. The van der Waals surface area contributed by atoms with E-state index in [-0.39, 0.29) is 0 Å². The maximum atomic E-state index is 9.97. The number of para-hydroxylation sites is 1. The van der Waals surface area contributed by atoms with Gasteiger partial charge in [-0.3, -0.25) is 4.68 Å². The summed E-state index contributed by atoms with van der Waals surface area (Å²) in [5.74, 6) is 0.732. The Bertz CT molecular complexity index is 549. The molecule has 0 spiro atoms. The molecule has 1 heterocycles. The lowest BCUT2D eigenvalue weighted by Gasteiger charge is -2.14. The molecule has 1 N–H and O–H groups in total. The number of aliphatic hydroxyl groups is 1. The van der Waals surface area contributed by atoms with Gasteiger partial charge in [0.2, 0.25) is 0 Å². The number of rotatable bonds is 5. The predicted molar refractivity (Wildman–Crippen MR) is 74.0 cm³/mol. The van der Waals surface area contributed by atoms with Crippen molar-refractivity contribution < 1.29 is 9.84 Å². The molecule has 0 aliphatic carbocycles. The van der Waals surface area contributed by atoms with Gasteiger partial charge in [0.25, 0.3) is 0 Å². The van der Waals surface area contributed by atoms with Gasteiger partial charge in [-0.2, -0.15) is 5.10 Å². The zero-order chi connectivity index (χ0) is 13.8. The van der Waals surface area contributed by atoms with Gasteiger partial charge in [0.05, 0.1) is 17.5 Å². The molecule has 2 rings (SSSR count). The number of benzene rings is 1. The average Bonchev–Trinajstić information content (AvgIpc) is 2.74. The van der Waals surface area contributed by atoms with Crippen molar-refractivity contribution in [2.45, 2.75) is 33.0 Å². The van der Waals surface area contributed by atoms with Crippen molar-refractivity contribution in [3.8, 4) is 5.75 Å². The molecule has 102 valence electrons. The van der Waals surface area contributed by atoms with Crippen molar-refractivity contribution in [3.05, 3.63) is 47.3 Å². The normalized spacial score (nSPS) is 12.4. The Morgan fingerprint density at radius 3 is 2.74 bits per heavy atom. The van der Waals surface area contributed by atoms with E-state index in [1.54, 1.807) is 0 Å². The summed E-state index contributed by atoms with van der Waals surface area (Å²) < 4.78 is 7.63. The van der Waals surface area contributed by atoms with Crippen LogP contribution in [-0.2, 0) is 13.7 Å². The fourth-order valence-corrected chi connectivity index (χ4v) is 2.06. The molecule has 0 saturated carbocycles. The lowest BCUT2D eigenvalue weighted by atomic mass is 10.1. The third kappa shape index (κ3) is 3.15. The highest BCUT2D eigenvalue weighted by atomic mass is 16.5. The Hall–Kier alpha value is -1.81. The van der Waals surface area contributed by atoms with E-state index in [9.17, 15) is 5.11 Å². The van der Waals surface area contributed by atoms with Gasteiger partial charge in [-0.05, 0) is 25.5 Å². The summed E-state index contributed by atoms with van der Waals surface area (Å²) in [6.07, 6.45) is 0.190. The Balaban J connectivity index is 2.13. The van der Waals surface area contributed by atoms with Crippen molar-refractivity contribution in [1.82, 2.24) is 9.78 Å². The first-order chi connectivity index (χ1) is 9.11. The van der Waals surface area contributed by atoms with Gasteiger partial charge in [-0.25, -0.2) is 0 Å². The van der Waals surface area contributed by atoms with Crippen LogP contribution < -0.4 is 4.74 Å². The van der Waals surface area contributed by atoms with E-state index in [0.717, 1.165) is 22.7 Å². The molecule has 0 fully saturated rings. The summed E-state index contributed by atoms with van der Waals surface area (Å²) in [6, 6.07) is 9.61. The lowest BCUT2D eigenvalue weighted by Crippen LogP contribution is -2.05. The van der Waals surface area contributed by atoms with Crippen molar-refractivity contribution in [1.29, 1.82) is 0 Å². The van der Waals surface area contributed by atoms with Crippen molar-refractivity contribution in [2.24, 2.45) is 7.05 Å². The molecule has 0 aliphatic heterocycles. The van der Waals surface area contributed by atoms with Crippen molar-refractivity contribution in [2.75, 3.05) is 0 Å². The van der Waals surface area contributed by atoms with Gasteiger partial charge in [0.15, 0.2) is 0 Å². The fourth-order valence-electron chi connectivity index (χ4n) is 2.06. The molecule has 4 heteroatoms. The first-order valence-corrected chi connectivity index (χ1v) is 6.51. The number of nitrogens with zero attached hydrogens (tertiary/aromatic N) is 2. The van der Waals surface area contributed by atoms with E-state index in [1.165, 1.54) is 0 Å². The smallest absolute Gasteiger partial charge is 0.130 e. The molecule has 0 aliphatic rings. The van der Waals surface area contributed by atoms with Crippen LogP contribution in [-0.4, -0.2) is 14.9 Å². The van der Waals surface area contributed by atoms with Gasteiger partial charge in [0.1, 0.15) is 12.4 Å². The molecule has 0 saturated heterocycles. The molecule has 1 aromatic heterocycles. The summed E-state index contributed by atoms with van der Waals surface area (Å²) in [5, 5.41) is 14.3. The second-order valence-corrected chi connectivity index (χ2v) is 4.65. The molecule has 1 atom stereocenters. The van der Waals surface area contributed by atoms with Gasteiger partial charge < -0.3 is 9.84 Å². The minimum atomic E-state index is -0.482. The zero-order valence-corrected chi connectivity index (χ0v) is 11.6. The summed E-state index contributed by atoms with van der Waals surface area (Å²) in [5.41, 5.74) is 2.82. The average molecular weight is 260 g/mol. The molecular formula is C15H20N2O2. The molecule has 1 aromatic carbocycles. The van der Waals surface area contributed by atoms with Crippen LogP contribution >= 0.6 is 0 Å². The van der Waals surface area contributed by atoms with Crippen LogP contribution in [0, 0.1) is 6.92 Å². The summed E-state index contributed by atoms with van der Waals surface area (Å²) in [4.78, 5) is 0. The Labute approximate surface area is 113 Å². The van der Waals surface area contributed by atoms with E-state index in [0.29, 0.717) is 13.0 Å². The first kappa shape index (κ1) is 13.6. The summed E-state index contributed by atoms with van der Waals surface area (Å²) in [7, 11) is 1.90. The first-order valence-electron chi connectivity index (χ1n) is 6.51. The molecule has 2 aromatic rings. The van der Waals surface area contributed by atoms with Gasteiger partial charge >= 0.3 is 0 Å². The van der Waals surface area contributed by atoms with Crippen LogP contribution in [0.3, 0.4) is 0 Å². The fraction of sp³-hybridized carbons (Fsp3) is 0.400. The molecule has 0 radical (unpaired) electrons. The second-order valence-electron chi connectivity index (χ2n) is 4.65. The number of aliphatic hydroxyl groups excluding tert-OH is 1. The third-order valence-electron chi connectivity index (χ3n) is 3.14. The molecule has 0 amide bonds. The third-order valence-corrected chi connectivity index (χ3v) is 3.14. The van der Waals surface area contributed by atoms with Gasteiger partial charge in [-0.1, -0.05) is 25.1 Å². The number of hydrogen-bond acceptors (Lipinski definition) is 3. The molecular weight excluding hydrogens is 240 g/mol. The Morgan fingerprint density at radius 2 is 2.11 bits per heavy atom. The molecule has 0 unspecified atom stereocenters. The van der Waals surface area contributed by atoms with E-state index in [2.05, 4.69) is 5.10 Å². The van der Waals surface area contributed by atoms with Crippen LogP contribution in [0.5, 0.6) is 5.75 Å². The highest BCUT2D eigenvalue weighted by molar-refractivity contribution is 5.35. The van der Waals surface area contributed by atoms with Crippen LogP contribution in [0.4, 0.5) is 0 Å². The maximum absolute atomic E-state index is 9.97. The van der Waals surface area contributed by atoms with Crippen LogP contribution in [0.2, 0.25) is 0 Å². The van der Waals surface area contributed by atoms with Crippen molar-refractivity contribution in [3.63, 3.8) is 0 Å². The Morgan fingerprint density at radius 1 is 1.37 bits per heavy atom. The SMILES string of the molecule is CC[C@H](O)c1ccccc1OCc1cc(C)nn1C. The molecule has 0 bridgehead atoms. The van der Waals surface area contributed by atoms with E-state index < -0.39 is 6.10 Å². The number of aryl methyl sites for hydroxylation is 2. The summed E-state index contributed by atoms with van der Waals surface area (Å²) in [6.45, 7) is 4.36. The Kier molecular flexibility index (Phi) is 4.22. The van der Waals surface area contributed by atoms with Gasteiger partial charge in [0, 0.05) is 12.6 Å². The zero-order valence-electron chi connectivity index (χ0n) is 11.6. The monoisotopic (exact) mass is 260 g/mol. The van der Waals surface area contributed by atoms with Crippen molar-refractivity contribution >= 4 is 0 Å². The largest absolute Gasteiger partial charge is 0.487 e. The van der Waals surface area contributed by atoms with Gasteiger partial charge in [-0.15, -0.1) is 0 Å². The number of hydrogen-bond donors (Lipinski definition) is 1. The van der Waals surface area contributed by atoms with E-state index >= 15 is 0 Å². The van der Waals surface area contributed by atoms with Crippen LogP contribution in [0.15, 0.2) is 30.3 Å². The standard InChI is InChI=1S/C15H20N2O2/c1-4-14(18)13-7-5-6-8-15(13)19-10-12-9-11(2)16-17(12)3/h5-9,14,18H,4,10H2,1-3H3/t14-/m0/s1. The highest BCUT2D eigenvalue weighted by Gasteiger charge is 2.11. The quantitative estimate of drug-likeness (QED) is 0.899. The minimum Gasteiger partial charge on any atom is -0.487 e. The van der Waals surface area contributed by atoms with Crippen LogP contribution in [0.25, 0.3) is 0 Å². The molecule has 19 heavy (non-hydrogen) atoms. The lowest BCUT2D eigenvalue weighted by molar-refractivity contribution is 0.166. The van der Waals surface area contributed by atoms with E-state index in [4.69, 9.17) is 4.74 Å². The highest BCUT2D eigenvalue weighted by Crippen LogP contribution is 2.27. The van der Waals surface area contributed by atoms with E-state index in [1.807, 2.05) is 55.9 Å². The predicted octanol–water partition coefficient (Wildman–Crippen LogP) is 2.75. The number of ether oxygens (including phenoxy) is 1.